The molecule has 29 heavy (non-hydrogen) atoms. The first-order valence-corrected chi connectivity index (χ1v) is 10.0. The predicted octanol–water partition coefficient (Wildman–Crippen LogP) is 2.25. The molecule has 0 spiro atoms. The summed E-state index contributed by atoms with van der Waals surface area (Å²) in [5, 5.41) is 23.7. The Morgan fingerprint density at radius 1 is 1.17 bits per heavy atom. The van der Waals surface area contributed by atoms with Gasteiger partial charge in [0.25, 0.3) is 0 Å². The Balaban J connectivity index is 1.76. The highest BCUT2D eigenvalue weighted by Gasteiger charge is 2.32. The van der Waals surface area contributed by atoms with Crippen LogP contribution in [0.5, 0.6) is 0 Å². The molecule has 6 nitrogen and oxygen atoms in total. The Bertz CT molecular complexity index is 941. The summed E-state index contributed by atoms with van der Waals surface area (Å²) in [5.74, 6) is -0.178. The number of aliphatic hydroxyl groups excluding tert-OH is 2. The fourth-order valence-corrected chi connectivity index (χ4v) is 4.20. The van der Waals surface area contributed by atoms with Crippen molar-refractivity contribution in [3.63, 3.8) is 0 Å². The third kappa shape index (κ3) is 3.92. The minimum atomic E-state index is -0.912. The molecule has 2 aromatic rings. The van der Waals surface area contributed by atoms with E-state index in [1.165, 1.54) is 17.4 Å². The molecule has 2 heterocycles. The van der Waals surface area contributed by atoms with Crippen LogP contribution in [0.25, 0.3) is 5.57 Å². The van der Waals surface area contributed by atoms with Gasteiger partial charge in [-0.05, 0) is 47.4 Å². The minimum Gasteiger partial charge on any atom is -0.392 e. The van der Waals surface area contributed by atoms with Gasteiger partial charge in [0, 0.05) is 20.0 Å². The Kier molecular flexibility index (Phi) is 5.67. The van der Waals surface area contributed by atoms with Crippen molar-refractivity contribution in [2.24, 2.45) is 0 Å². The summed E-state index contributed by atoms with van der Waals surface area (Å²) in [6.45, 7) is 4.13. The lowest BCUT2D eigenvalue weighted by molar-refractivity contribution is -0.118. The molecule has 1 atom stereocenters. The molecule has 0 radical (unpaired) electrons. The van der Waals surface area contributed by atoms with Crippen molar-refractivity contribution in [3.8, 4) is 0 Å². The van der Waals surface area contributed by atoms with E-state index >= 15 is 0 Å². The number of hydrogen-bond acceptors (Lipinski definition) is 5. The highest BCUT2D eigenvalue weighted by molar-refractivity contribution is 5.97. The fraction of sp³-hybridized carbons (Fsp3) is 0.348. The quantitative estimate of drug-likeness (QED) is 0.743. The summed E-state index contributed by atoms with van der Waals surface area (Å²) < 4.78 is 0. The summed E-state index contributed by atoms with van der Waals surface area (Å²) in [6, 6.07) is 13.9. The first-order valence-electron chi connectivity index (χ1n) is 10.0. The van der Waals surface area contributed by atoms with E-state index in [0.29, 0.717) is 13.1 Å². The topological polar surface area (TPSA) is 76.0 Å². The maximum Gasteiger partial charge on any atom is 0.226 e. The standard InChI is InChI=1S/C23H27N3O3/c1-16(28)26-21-7-6-18(17-8-10-24-11-9-17)12-22(21)25(14-23(26)29)13-19-4-2-3-5-20(19)15-27/h2-8,12,23-24,27,29H,9-11,13-15H2,1H3/t23-/m0/s1. The Hall–Kier alpha value is -2.67. The van der Waals surface area contributed by atoms with Crippen LogP contribution < -0.4 is 15.1 Å². The summed E-state index contributed by atoms with van der Waals surface area (Å²) in [5.41, 5.74) is 5.96. The second-order valence-corrected chi connectivity index (χ2v) is 7.56. The molecule has 152 valence electrons. The van der Waals surface area contributed by atoms with Gasteiger partial charge in [0.05, 0.1) is 24.5 Å². The van der Waals surface area contributed by atoms with E-state index in [-0.39, 0.29) is 12.5 Å². The molecule has 0 fully saturated rings. The van der Waals surface area contributed by atoms with E-state index in [9.17, 15) is 15.0 Å². The van der Waals surface area contributed by atoms with Gasteiger partial charge in [-0.25, -0.2) is 0 Å². The average molecular weight is 393 g/mol. The molecular weight excluding hydrogens is 366 g/mol. The number of amides is 1. The maximum atomic E-state index is 12.2. The van der Waals surface area contributed by atoms with Gasteiger partial charge in [0.1, 0.15) is 0 Å². The summed E-state index contributed by atoms with van der Waals surface area (Å²) in [4.78, 5) is 15.8. The molecule has 2 aromatic carbocycles. The lowest BCUT2D eigenvalue weighted by atomic mass is 9.97. The molecule has 0 saturated heterocycles. The second-order valence-electron chi connectivity index (χ2n) is 7.56. The van der Waals surface area contributed by atoms with Gasteiger partial charge in [-0.15, -0.1) is 0 Å². The molecule has 1 amide bonds. The highest BCUT2D eigenvalue weighted by atomic mass is 16.3. The number of nitrogens with one attached hydrogen (secondary N) is 1. The third-order valence-corrected chi connectivity index (χ3v) is 5.68. The fourth-order valence-electron chi connectivity index (χ4n) is 4.20. The lowest BCUT2D eigenvalue weighted by Gasteiger charge is -2.41. The van der Waals surface area contributed by atoms with Crippen molar-refractivity contribution in [3.05, 3.63) is 65.2 Å². The average Bonchev–Trinajstić information content (AvgIpc) is 2.74. The number of benzene rings is 2. The Morgan fingerprint density at radius 3 is 2.66 bits per heavy atom. The van der Waals surface area contributed by atoms with E-state index in [2.05, 4.69) is 22.4 Å². The molecule has 0 saturated carbocycles. The van der Waals surface area contributed by atoms with Crippen LogP contribution in [0.2, 0.25) is 0 Å². The molecule has 6 heteroatoms. The monoisotopic (exact) mass is 393 g/mol. The van der Waals surface area contributed by atoms with Crippen molar-refractivity contribution in [2.45, 2.75) is 32.7 Å². The molecule has 0 unspecified atom stereocenters. The number of β-amino-alcohol motifs (C(OH)–C–C–N with tert-alkyl or cyclic N) is 1. The number of rotatable bonds is 4. The number of nitrogens with zero attached hydrogens (tertiary/aromatic N) is 2. The lowest BCUT2D eigenvalue weighted by Crippen LogP contribution is -2.50. The number of fused-ring (bicyclic) bond motifs is 1. The minimum absolute atomic E-state index is 0.0288. The number of anilines is 2. The number of aliphatic hydroxyl groups is 2. The van der Waals surface area contributed by atoms with Crippen molar-refractivity contribution in [2.75, 3.05) is 29.4 Å². The molecule has 0 aliphatic carbocycles. The predicted molar refractivity (Wildman–Crippen MR) is 114 cm³/mol. The maximum absolute atomic E-state index is 12.2. The molecule has 3 N–H and O–H groups in total. The molecule has 0 aromatic heterocycles. The van der Waals surface area contributed by atoms with E-state index in [0.717, 1.165) is 47.6 Å². The van der Waals surface area contributed by atoms with E-state index in [1.807, 2.05) is 36.4 Å². The molecule has 2 aliphatic rings. The van der Waals surface area contributed by atoms with Gasteiger partial charge < -0.3 is 20.4 Å². The summed E-state index contributed by atoms with van der Waals surface area (Å²) in [7, 11) is 0. The largest absolute Gasteiger partial charge is 0.392 e. The van der Waals surface area contributed by atoms with Crippen LogP contribution in [-0.2, 0) is 17.9 Å². The van der Waals surface area contributed by atoms with Crippen LogP contribution >= 0.6 is 0 Å². The first-order chi connectivity index (χ1) is 14.1. The normalized spacial score (nSPS) is 19.0. The third-order valence-electron chi connectivity index (χ3n) is 5.68. The van der Waals surface area contributed by atoms with Gasteiger partial charge in [-0.2, -0.15) is 0 Å². The van der Waals surface area contributed by atoms with Crippen LogP contribution in [-0.4, -0.2) is 42.0 Å². The van der Waals surface area contributed by atoms with E-state index in [4.69, 9.17) is 0 Å². The Labute approximate surface area is 171 Å². The van der Waals surface area contributed by atoms with Crippen molar-refractivity contribution in [1.82, 2.24) is 5.32 Å². The van der Waals surface area contributed by atoms with Crippen LogP contribution in [0, 0.1) is 0 Å². The number of carbonyl (C=O) groups is 1. The smallest absolute Gasteiger partial charge is 0.226 e. The Morgan fingerprint density at radius 2 is 1.97 bits per heavy atom. The molecular formula is C23H27N3O3. The van der Waals surface area contributed by atoms with Gasteiger partial charge in [0.2, 0.25) is 5.91 Å². The van der Waals surface area contributed by atoms with Crippen LogP contribution in [0.4, 0.5) is 11.4 Å². The van der Waals surface area contributed by atoms with Crippen LogP contribution in [0.1, 0.15) is 30.0 Å². The zero-order chi connectivity index (χ0) is 20.4. The van der Waals surface area contributed by atoms with Crippen molar-refractivity contribution < 1.29 is 15.0 Å². The second kappa shape index (κ2) is 8.37. The molecule has 0 bridgehead atoms. The van der Waals surface area contributed by atoms with E-state index < -0.39 is 6.23 Å². The highest BCUT2D eigenvalue weighted by Crippen LogP contribution is 2.39. The molecule has 4 rings (SSSR count). The van der Waals surface area contributed by atoms with Gasteiger partial charge in [-0.3, -0.25) is 9.69 Å². The number of carbonyl (C=O) groups excluding carboxylic acids is 1. The van der Waals surface area contributed by atoms with Gasteiger partial charge in [0.15, 0.2) is 6.23 Å². The summed E-state index contributed by atoms with van der Waals surface area (Å²) in [6.07, 6.45) is 2.26. The van der Waals surface area contributed by atoms with Crippen LogP contribution in [0.3, 0.4) is 0 Å². The SMILES string of the molecule is CC(=O)N1c2ccc(C3=CCNCC3)cc2N(Cc2ccccc2CO)C[C@@H]1O. The zero-order valence-electron chi connectivity index (χ0n) is 16.6. The van der Waals surface area contributed by atoms with Gasteiger partial charge >= 0.3 is 0 Å². The first kappa shape index (κ1) is 19.6. The van der Waals surface area contributed by atoms with E-state index in [1.54, 1.807) is 0 Å². The van der Waals surface area contributed by atoms with Crippen molar-refractivity contribution in [1.29, 1.82) is 0 Å². The van der Waals surface area contributed by atoms with Crippen molar-refractivity contribution >= 4 is 22.9 Å². The number of hydrogen-bond donors (Lipinski definition) is 3. The van der Waals surface area contributed by atoms with Crippen LogP contribution in [0.15, 0.2) is 48.5 Å². The molecule has 2 aliphatic heterocycles. The van der Waals surface area contributed by atoms with Gasteiger partial charge in [-0.1, -0.05) is 36.4 Å². The zero-order valence-corrected chi connectivity index (χ0v) is 16.6. The summed E-state index contributed by atoms with van der Waals surface area (Å²) >= 11 is 0.